The molecule has 2 bridgehead atoms. The lowest BCUT2D eigenvalue weighted by Crippen LogP contribution is -2.62. The molecule has 132 valence electrons. The average molecular weight is 460 g/mol. The summed E-state index contributed by atoms with van der Waals surface area (Å²) in [6.45, 7) is 3.26. The van der Waals surface area contributed by atoms with Gasteiger partial charge in [-0.05, 0) is 6.92 Å². The number of fused-ring (bicyclic) bond motifs is 2. The first-order valence-electron chi connectivity index (χ1n) is 7.06. The highest BCUT2D eigenvalue weighted by Crippen LogP contribution is 2.70. The van der Waals surface area contributed by atoms with Crippen LogP contribution in [0.1, 0.15) is 20.3 Å². The van der Waals surface area contributed by atoms with Crippen LogP contribution in [0.25, 0.3) is 0 Å². The van der Waals surface area contributed by atoms with Crippen molar-refractivity contribution in [1.82, 2.24) is 0 Å². The molecule has 0 aromatic rings. The Morgan fingerprint density at radius 3 is 2.17 bits per heavy atom. The van der Waals surface area contributed by atoms with E-state index in [0.29, 0.717) is 0 Å². The highest BCUT2D eigenvalue weighted by molar-refractivity contribution is 9.11. The van der Waals surface area contributed by atoms with E-state index in [-0.39, 0.29) is 13.0 Å². The van der Waals surface area contributed by atoms with Gasteiger partial charge in [0.25, 0.3) is 5.79 Å². The predicted octanol–water partition coefficient (Wildman–Crippen LogP) is 1.54. The fourth-order valence-electron chi connectivity index (χ4n) is 3.82. The highest BCUT2D eigenvalue weighted by Gasteiger charge is 2.92. The zero-order valence-electron chi connectivity index (χ0n) is 13.6. The first-order chi connectivity index (χ1) is 10.7. The minimum Gasteiger partial charge on any atom is -0.460 e. The number of esters is 1. The second-order valence-corrected chi connectivity index (χ2v) is 8.03. The molecular formula is C14H20Br2O7. The minimum absolute atomic E-state index is 0.194. The van der Waals surface area contributed by atoms with Crippen molar-refractivity contribution in [3.63, 3.8) is 0 Å². The Morgan fingerprint density at radius 2 is 1.78 bits per heavy atom. The molecule has 9 heteroatoms. The smallest absolute Gasteiger partial charge is 0.302 e. The van der Waals surface area contributed by atoms with Crippen molar-refractivity contribution in [3.05, 3.63) is 0 Å². The zero-order valence-corrected chi connectivity index (χ0v) is 16.8. The fourth-order valence-corrected chi connectivity index (χ4v) is 6.65. The molecule has 2 aliphatic rings. The van der Waals surface area contributed by atoms with Crippen molar-refractivity contribution in [3.8, 4) is 0 Å². The lowest BCUT2D eigenvalue weighted by molar-refractivity contribution is -0.271. The van der Waals surface area contributed by atoms with Gasteiger partial charge in [-0.15, -0.1) is 0 Å². The normalized spacial score (nSPS) is 41.3. The van der Waals surface area contributed by atoms with Crippen LogP contribution in [0, 0.1) is 0 Å². The van der Waals surface area contributed by atoms with Crippen LogP contribution in [0.5, 0.6) is 0 Å². The molecule has 0 heterocycles. The number of carbonyl (C=O) groups is 2. The van der Waals surface area contributed by atoms with Crippen LogP contribution in [0.3, 0.4) is 0 Å². The topological polar surface area (TPSA) is 80.3 Å². The van der Waals surface area contributed by atoms with Crippen LogP contribution >= 0.6 is 31.9 Å². The summed E-state index contributed by atoms with van der Waals surface area (Å²) in [5.41, 5.74) is 0. The summed E-state index contributed by atoms with van der Waals surface area (Å²) in [5.74, 6) is -4.12. The Morgan fingerprint density at radius 1 is 1.22 bits per heavy atom. The van der Waals surface area contributed by atoms with Crippen LogP contribution in [-0.2, 0) is 33.3 Å². The second kappa shape index (κ2) is 6.03. The predicted molar refractivity (Wildman–Crippen MR) is 86.6 cm³/mol. The van der Waals surface area contributed by atoms with Crippen LogP contribution in [0.2, 0.25) is 0 Å². The Bertz CT molecular complexity index is 523. The minimum atomic E-state index is -1.64. The molecule has 2 rings (SSSR count). The van der Waals surface area contributed by atoms with E-state index in [9.17, 15) is 9.59 Å². The molecule has 2 fully saturated rings. The number of carbonyl (C=O) groups excluding carboxylic acids is 2. The number of ether oxygens (including phenoxy) is 5. The van der Waals surface area contributed by atoms with Crippen LogP contribution in [-0.4, -0.2) is 66.0 Å². The molecule has 4 atom stereocenters. The molecule has 0 aliphatic heterocycles. The quantitative estimate of drug-likeness (QED) is 0.338. The summed E-state index contributed by atoms with van der Waals surface area (Å²) >= 11 is 7.03. The molecule has 0 amide bonds. The van der Waals surface area contributed by atoms with Crippen LogP contribution < -0.4 is 0 Å². The van der Waals surface area contributed by atoms with Crippen molar-refractivity contribution < 1.29 is 33.3 Å². The molecule has 0 unspecified atom stereocenters. The van der Waals surface area contributed by atoms with Gasteiger partial charge in [0, 0.05) is 41.3 Å². The third kappa shape index (κ3) is 1.95. The number of alkyl halides is 2. The largest absolute Gasteiger partial charge is 0.460 e. The Labute approximate surface area is 151 Å². The van der Waals surface area contributed by atoms with Crippen molar-refractivity contribution in [2.24, 2.45) is 0 Å². The van der Waals surface area contributed by atoms with E-state index in [2.05, 4.69) is 31.9 Å². The Kier molecular flexibility index (Phi) is 5.05. The molecule has 2 saturated carbocycles. The summed E-state index contributed by atoms with van der Waals surface area (Å²) in [6, 6.07) is 0. The van der Waals surface area contributed by atoms with Gasteiger partial charge >= 0.3 is 5.97 Å². The van der Waals surface area contributed by atoms with Crippen molar-refractivity contribution in [2.75, 3.05) is 27.9 Å². The van der Waals surface area contributed by atoms with Crippen molar-refractivity contribution >= 4 is 43.6 Å². The lowest BCUT2D eigenvalue weighted by Gasteiger charge is -2.43. The van der Waals surface area contributed by atoms with E-state index in [4.69, 9.17) is 23.7 Å². The number of halogens is 2. The third-order valence-corrected chi connectivity index (χ3v) is 7.34. The SMILES string of the molecule is CCO[C@@]1(OC)C(=O)[C@]2(Br)[C@H](OC(C)=O)C[C@@]1(Br)C2(OC)OC. The van der Waals surface area contributed by atoms with Gasteiger partial charge in [0.15, 0.2) is 4.32 Å². The Hall–Kier alpha value is -0.0600. The summed E-state index contributed by atoms with van der Waals surface area (Å²) in [6.07, 6.45) is -0.616. The number of methoxy groups -OCH3 is 3. The number of Topliss-reactive ketones (excluding diaryl/α,β-unsaturated/α-hetero) is 1. The van der Waals surface area contributed by atoms with E-state index < -0.39 is 38.1 Å². The third-order valence-electron chi connectivity index (χ3n) is 4.58. The monoisotopic (exact) mass is 458 g/mol. The number of ketones is 1. The molecule has 0 N–H and O–H groups in total. The average Bonchev–Trinajstić information content (AvgIpc) is 2.75. The van der Waals surface area contributed by atoms with Gasteiger partial charge < -0.3 is 23.7 Å². The van der Waals surface area contributed by atoms with Gasteiger partial charge in [-0.3, -0.25) is 9.59 Å². The second-order valence-electron chi connectivity index (χ2n) is 5.42. The van der Waals surface area contributed by atoms with Gasteiger partial charge in [0.05, 0.1) is 0 Å². The number of rotatable bonds is 6. The van der Waals surface area contributed by atoms with Gasteiger partial charge in [-0.25, -0.2) is 0 Å². The molecule has 0 aromatic heterocycles. The maximum absolute atomic E-state index is 13.3. The summed E-state index contributed by atoms with van der Waals surface area (Å²) in [4.78, 5) is 24.7. The first-order valence-corrected chi connectivity index (χ1v) is 8.65. The van der Waals surface area contributed by atoms with Crippen LogP contribution in [0.15, 0.2) is 0 Å². The molecule has 0 saturated heterocycles. The highest BCUT2D eigenvalue weighted by atomic mass is 79.9. The maximum Gasteiger partial charge on any atom is 0.302 e. The summed E-state index contributed by atoms with van der Waals surface area (Å²) in [5, 5.41) is 0. The van der Waals surface area contributed by atoms with Gasteiger partial charge in [-0.2, -0.15) is 0 Å². The first kappa shape index (κ1) is 19.3. The summed E-state index contributed by atoms with van der Waals surface area (Å²) in [7, 11) is 4.21. The fraction of sp³-hybridized carbons (Fsp3) is 0.857. The lowest BCUT2D eigenvalue weighted by atomic mass is 9.89. The molecule has 0 aromatic carbocycles. The standard InChI is InChI=1S/C14H20Br2O7/c1-6-22-13(19-3)10(18)12(16)9(23-8(2)17)7-11(13,15)14(12,20-4)21-5/h9H,6-7H2,1-5H3/t9-,11+,12-,13+/m1/s1. The van der Waals surface area contributed by atoms with E-state index in [1.807, 2.05) is 0 Å². The number of hydrogen-bond acceptors (Lipinski definition) is 7. The van der Waals surface area contributed by atoms with Crippen LogP contribution in [0.4, 0.5) is 0 Å². The van der Waals surface area contributed by atoms with Crippen molar-refractivity contribution in [1.29, 1.82) is 0 Å². The Balaban J connectivity index is 2.70. The molecule has 23 heavy (non-hydrogen) atoms. The molecule has 0 radical (unpaired) electrons. The molecule has 0 spiro atoms. The van der Waals surface area contributed by atoms with Gasteiger partial charge in [0.2, 0.25) is 11.6 Å². The maximum atomic E-state index is 13.3. The zero-order chi connectivity index (χ0) is 17.7. The molecular weight excluding hydrogens is 440 g/mol. The van der Waals surface area contributed by atoms with Crippen molar-refractivity contribution in [2.45, 2.75) is 46.6 Å². The van der Waals surface area contributed by atoms with E-state index in [1.165, 1.54) is 28.3 Å². The molecule has 7 nitrogen and oxygen atoms in total. The van der Waals surface area contributed by atoms with E-state index >= 15 is 0 Å². The van der Waals surface area contributed by atoms with Gasteiger partial charge in [0.1, 0.15) is 10.4 Å². The summed E-state index contributed by atoms with van der Waals surface area (Å²) < 4.78 is 25.2. The van der Waals surface area contributed by atoms with Gasteiger partial charge in [-0.1, -0.05) is 31.9 Å². The van der Waals surface area contributed by atoms with E-state index in [0.717, 1.165) is 0 Å². The molecule has 2 aliphatic carbocycles. The van der Waals surface area contributed by atoms with E-state index in [1.54, 1.807) is 6.92 Å². The number of hydrogen-bond donors (Lipinski definition) is 0.